The zero-order chi connectivity index (χ0) is 62.5. The Hall–Kier alpha value is -6.98. The van der Waals surface area contributed by atoms with Gasteiger partial charge in [-0.15, -0.1) is 0 Å². The number of hydrogen-bond acceptors (Lipinski definition) is 4. The molecule has 10 aromatic rings. The second-order valence-corrected chi connectivity index (χ2v) is 28.7. The lowest BCUT2D eigenvalue weighted by atomic mass is 9.82. The number of anilines is 4. The van der Waals surface area contributed by atoms with Crippen LogP contribution in [0.15, 0.2) is 202 Å². The van der Waals surface area contributed by atoms with Crippen LogP contribution in [0.2, 0.25) is 0 Å². The van der Waals surface area contributed by atoms with Gasteiger partial charge in [0, 0.05) is 32.7 Å². The summed E-state index contributed by atoms with van der Waals surface area (Å²) < 4.78 is 0. The van der Waals surface area contributed by atoms with Gasteiger partial charge >= 0.3 is 0 Å². The zero-order valence-electron chi connectivity index (χ0n) is 55.6. The SMILES string of the molecule is CCCCCCCCCCCCCCCCN1c2ccccc2Sc2cc(/C=C/c3c4ccccc4c(-c4c5ccccc5c(/C=C/c5ccc6c(c5)Sc5ccccc5N6CCCCCCCCCCCCCCCC)c5ccccc45)c4ccccc34)ccc21. The minimum atomic E-state index is 1.05. The van der Waals surface area contributed by atoms with E-state index in [4.69, 9.17) is 0 Å². The summed E-state index contributed by atoms with van der Waals surface area (Å²) in [6, 6.07) is 69.0. The molecule has 0 aliphatic carbocycles. The third-order valence-electron chi connectivity index (χ3n) is 19.9. The van der Waals surface area contributed by atoms with Gasteiger partial charge in [0.1, 0.15) is 0 Å². The van der Waals surface area contributed by atoms with Crippen LogP contribution in [0.3, 0.4) is 0 Å². The fraction of sp³-hybridized carbons (Fsp3) is 0.364. The van der Waals surface area contributed by atoms with Crippen LogP contribution >= 0.6 is 23.5 Å². The molecule has 0 fully saturated rings. The van der Waals surface area contributed by atoms with E-state index in [1.807, 2.05) is 23.5 Å². The van der Waals surface area contributed by atoms with Gasteiger partial charge in [-0.25, -0.2) is 0 Å². The van der Waals surface area contributed by atoms with Crippen molar-refractivity contribution in [3.05, 3.63) is 204 Å². The Morgan fingerprint density at radius 1 is 0.250 bits per heavy atom. The Labute approximate surface area is 561 Å². The molecule has 474 valence electrons. The first-order valence-electron chi connectivity index (χ1n) is 36.3. The van der Waals surface area contributed by atoms with Crippen LogP contribution in [0.25, 0.3) is 78.5 Å². The van der Waals surface area contributed by atoms with Gasteiger partial charge in [-0.1, -0.05) is 362 Å². The summed E-state index contributed by atoms with van der Waals surface area (Å²) in [6.07, 6.45) is 48.1. The highest BCUT2D eigenvalue weighted by atomic mass is 32.2. The summed E-state index contributed by atoms with van der Waals surface area (Å²) in [6.45, 7) is 6.72. The van der Waals surface area contributed by atoms with Crippen molar-refractivity contribution in [1.29, 1.82) is 0 Å². The van der Waals surface area contributed by atoms with Crippen LogP contribution in [-0.4, -0.2) is 13.1 Å². The number of hydrogen-bond donors (Lipinski definition) is 0. The van der Waals surface area contributed by atoms with Gasteiger partial charge in [-0.2, -0.15) is 0 Å². The van der Waals surface area contributed by atoms with Crippen molar-refractivity contribution in [1.82, 2.24) is 0 Å². The average molecular weight is 1250 g/mol. The van der Waals surface area contributed by atoms with Crippen molar-refractivity contribution in [2.45, 2.75) is 213 Å². The lowest BCUT2D eigenvalue weighted by Gasteiger charge is -2.33. The van der Waals surface area contributed by atoms with E-state index in [1.165, 1.54) is 299 Å². The average Bonchev–Trinajstić information content (AvgIpc) is 0.725. The number of rotatable bonds is 35. The third-order valence-corrected chi connectivity index (χ3v) is 22.1. The van der Waals surface area contributed by atoms with Gasteiger partial charge in [-0.05, 0) is 138 Å². The molecule has 0 radical (unpaired) electrons. The second-order valence-electron chi connectivity index (χ2n) is 26.5. The smallest absolute Gasteiger partial charge is 0.0553 e. The molecule has 0 aromatic heterocycles. The summed E-state index contributed by atoms with van der Waals surface area (Å²) in [7, 11) is 0. The summed E-state index contributed by atoms with van der Waals surface area (Å²) in [5.74, 6) is 0. The van der Waals surface area contributed by atoms with Gasteiger partial charge in [0.25, 0.3) is 0 Å². The van der Waals surface area contributed by atoms with Crippen molar-refractivity contribution in [3.8, 4) is 11.1 Å². The molecule has 2 heterocycles. The van der Waals surface area contributed by atoms with E-state index in [-0.39, 0.29) is 0 Å². The zero-order valence-corrected chi connectivity index (χ0v) is 57.2. The number of nitrogens with zero attached hydrogens (tertiary/aromatic N) is 2. The minimum absolute atomic E-state index is 1.05. The predicted molar refractivity (Wildman–Crippen MR) is 408 cm³/mol. The van der Waals surface area contributed by atoms with E-state index in [0.717, 1.165) is 13.1 Å². The van der Waals surface area contributed by atoms with Crippen LogP contribution in [-0.2, 0) is 0 Å². The van der Waals surface area contributed by atoms with Crippen molar-refractivity contribution in [2.24, 2.45) is 0 Å². The minimum Gasteiger partial charge on any atom is -0.340 e. The maximum absolute atomic E-state index is 2.60. The van der Waals surface area contributed by atoms with E-state index in [9.17, 15) is 0 Å². The normalized spacial score (nSPS) is 12.9. The topological polar surface area (TPSA) is 6.48 Å². The maximum atomic E-state index is 2.60. The Kier molecular flexibility index (Phi) is 23.9. The van der Waals surface area contributed by atoms with Gasteiger partial charge in [0.15, 0.2) is 0 Å². The van der Waals surface area contributed by atoms with Crippen molar-refractivity contribution < 1.29 is 0 Å². The second kappa shape index (κ2) is 33.7. The largest absolute Gasteiger partial charge is 0.340 e. The molecule has 0 unspecified atom stereocenters. The predicted octanol–water partition coefficient (Wildman–Crippen LogP) is 28.5. The Balaban J connectivity index is 0.763. The molecule has 0 atom stereocenters. The molecular formula is C88H100N2S2. The van der Waals surface area contributed by atoms with Crippen LogP contribution in [0.1, 0.15) is 216 Å². The quantitative estimate of drug-likeness (QED) is 0.0222. The molecule has 12 rings (SSSR count). The molecule has 2 aliphatic heterocycles. The standard InChI is InChI=1S/C88H100N2S2/c1-3-5-7-9-11-13-15-17-19-21-23-25-27-41-63-89-79-51-37-39-53-83(79)91-85-65-67(57-61-81(85)89)55-59-73-69-43-29-33-47-75(69)87(76-48-34-30-44-70(73)76)88-77-49-35-31-45-71(77)74(72-46-32-36-50-78(72)88)60-56-68-58-62-82-86(66-68)92-84-54-40-38-52-80(84)90(82)64-42-28-26-24-22-20-18-16-14-12-10-8-6-4-2/h29-40,43-62,65-66H,3-28,41-42,63-64H2,1-2H3/b59-55+,60-56+. The van der Waals surface area contributed by atoms with Crippen molar-refractivity contribution in [3.63, 3.8) is 0 Å². The Morgan fingerprint density at radius 3 is 0.826 bits per heavy atom. The Morgan fingerprint density at radius 2 is 0.511 bits per heavy atom. The molecule has 0 amide bonds. The number of unbranched alkanes of at least 4 members (excludes halogenated alkanes) is 26. The molecule has 10 aromatic carbocycles. The monoisotopic (exact) mass is 1250 g/mol. The van der Waals surface area contributed by atoms with Gasteiger partial charge in [-0.3, -0.25) is 0 Å². The highest BCUT2D eigenvalue weighted by Gasteiger charge is 2.26. The molecule has 0 saturated heterocycles. The Bertz CT molecular complexity index is 3720. The van der Waals surface area contributed by atoms with E-state index < -0.39 is 0 Å². The van der Waals surface area contributed by atoms with Gasteiger partial charge < -0.3 is 9.80 Å². The first kappa shape index (κ1) is 65.1. The first-order chi connectivity index (χ1) is 45.7. The maximum Gasteiger partial charge on any atom is 0.0553 e. The summed E-state index contributed by atoms with van der Waals surface area (Å²) in [5, 5.41) is 10.1. The molecular weight excluding hydrogens is 1150 g/mol. The molecule has 4 heteroatoms. The third kappa shape index (κ3) is 16.0. The lowest BCUT2D eigenvalue weighted by molar-refractivity contribution is 0.536. The molecule has 92 heavy (non-hydrogen) atoms. The molecule has 0 spiro atoms. The van der Waals surface area contributed by atoms with E-state index in [0.29, 0.717) is 0 Å². The number of benzene rings is 10. The molecule has 0 bridgehead atoms. The van der Waals surface area contributed by atoms with E-state index in [2.05, 4.69) is 230 Å². The number of para-hydroxylation sites is 2. The van der Waals surface area contributed by atoms with Crippen LogP contribution in [0, 0.1) is 0 Å². The summed E-state index contributed by atoms with van der Waals surface area (Å²) >= 11 is 3.84. The summed E-state index contributed by atoms with van der Waals surface area (Å²) in [5.41, 5.74) is 12.9. The van der Waals surface area contributed by atoms with Crippen LogP contribution < -0.4 is 9.80 Å². The first-order valence-corrected chi connectivity index (χ1v) is 37.9. The van der Waals surface area contributed by atoms with Gasteiger partial charge in [0.05, 0.1) is 22.7 Å². The highest BCUT2D eigenvalue weighted by Crippen LogP contribution is 2.52. The lowest BCUT2D eigenvalue weighted by Crippen LogP contribution is -2.22. The summed E-state index contributed by atoms with van der Waals surface area (Å²) in [4.78, 5) is 10.6. The van der Waals surface area contributed by atoms with E-state index >= 15 is 0 Å². The highest BCUT2D eigenvalue weighted by molar-refractivity contribution is 8.00. The van der Waals surface area contributed by atoms with Crippen LogP contribution in [0.4, 0.5) is 22.7 Å². The van der Waals surface area contributed by atoms with E-state index in [1.54, 1.807) is 0 Å². The molecule has 0 saturated carbocycles. The fourth-order valence-corrected chi connectivity index (χ4v) is 17.2. The fourth-order valence-electron chi connectivity index (χ4n) is 14.9. The molecule has 0 N–H and O–H groups in total. The van der Waals surface area contributed by atoms with Crippen LogP contribution in [0.5, 0.6) is 0 Å². The van der Waals surface area contributed by atoms with Crippen molar-refractivity contribution >= 4 is 114 Å². The molecule has 2 nitrogen and oxygen atoms in total. The molecule has 2 aliphatic rings. The number of fused-ring (bicyclic) bond motifs is 8. The van der Waals surface area contributed by atoms with Gasteiger partial charge in [0.2, 0.25) is 0 Å². The van der Waals surface area contributed by atoms with Crippen molar-refractivity contribution in [2.75, 3.05) is 22.9 Å².